The van der Waals surface area contributed by atoms with Gasteiger partial charge in [0, 0.05) is 12.7 Å². The maximum absolute atomic E-state index is 5.63. The van der Waals surface area contributed by atoms with Gasteiger partial charge in [-0.25, -0.2) is 0 Å². The average Bonchev–Trinajstić information content (AvgIpc) is 2.93. The summed E-state index contributed by atoms with van der Waals surface area (Å²) in [4.78, 5) is 0. The van der Waals surface area contributed by atoms with Crippen molar-refractivity contribution < 1.29 is 14.0 Å². The Hall–Kier alpha value is -1.81. The fourth-order valence-electron chi connectivity index (χ4n) is 1.62. The number of benzene rings is 1. The number of hydrogen-bond donors (Lipinski definition) is 0. The van der Waals surface area contributed by atoms with Gasteiger partial charge in [0.25, 0.3) is 0 Å². The van der Waals surface area contributed by atoms with Crippen molar-refractivity contribution in [1.29, 1.82) is 0 Å². The minimum atomic E-state index is 0.509. The van der Waals surface area contributed by atoms with Gasteiger partial charge in [0.2, 0.25) is 0 Å². The number of rotatable bonds is 8. The number of ether oxygens (including phenoxy) is 2. The van der Waals surface area contributed by atoms with Crippen LogP contribution in [0.3, 0.4) is 0 Å². The second-order valence-electron chi connectivity index (χ2n) is 4.41. The Balaban J connectivity index is 1.49. The summed E-state index contributed by atoms with van der Waals surface area (Å²) >= 11 is 0. The van der Waals surface area contributed by atoms with Crippen molar-refractivity contribution in [2.75, 3.05) is 13.2 Å². The first-order chi connectivity index (χ1) is 9.34. The zero-order valence-corrected chi connectivity index (χ0v) is 11.2. The van der Waals surface area contributed by atoms with E-state index in [1.54, 1.807) is 12.3 Å². The second kappa shape index (κ2) is 7.59. The zero-order valence-electron chi connectivity index (χ0n) is 11.2. The SMILES string of the molecule is Cc1ccc(OCCCCOCc2ccon2)cc1. The molecule has 0 saturated carbocycles. The molecule has 2 rings (SSSR count). The largest absolute Gasteiger partial charge is 0.494 e. The number of nitrogens with zero attached hydrogens (tertiary/aromatic N) is 1. The lowest BCUT2D eigenvalue weighted by Crippen LogP contribution is -2.01. The van der Waals surface area contributed by atoms with Gasteiger partial charge in [-0.3, -0.25) is 0 Å². The average molecular weight is 261 g/mol. The van der Waals surface area contributed by atoms with Gasteiger partial charge in [0.15, 0.2) is 0 Å². The van der Waals surface area contributed by atoms with Crippen molar-refractivity contribution >= 4 is 0 Å². The smallest absolute Gasteiger partial charge is 0.124 e. The van der Waals surface area contributed by atoms with Crippen LogP contribution in [-0.4, -0.2) is 18.4 Å². The van der Waals surface area contributed by atoms with Crippen LogP contribution in [0, 0.1) is 6.92 Å². The standard InChI is InChI=1S/C15H19NO3/c1-13-4-6-15(7-5-13)18-10-3-2-9-17-12-14-8-11-19-16-14/h4-8,11H,2-3,9-10,12H2,1H3. The van der Waals surface area contributed by atoms with Crippen LogP contribution in [0.2, 0.25) is 0 Å². The van der Waals surface area contributed by atoms with Crippen LogP contribution in [0.15, 0.2) is 41.1 Å². The van der Waals surface area contributed by atoms with Crippen LogP contribution in [-0.2, 0) is 11.3 Å². The fraction of sp³-hybridized carbons (Fsp3) is 0.400. The molecule has 0 unspecified atom stereocenters. The highest BCUT2D eigenvalue weighted by molar-refractivity contribution is 5.26. The van der Waals surface area contributed by atoms with Gasteiger partial charge in [-0.1, -0.05) is 22.9 Å². The van der Waals surface area contributed by atoms with Gasteiger partial charge in [-0.05, 0) is 31.9 Å². The lowest BCUT2D eigenvalue weighted by molar-refractivity contribution is 0.109. The van der Waals surface area contributed by atoms with Gasteiger partial charge in [0.05, 0.1) is 13.2 Å². The minimum Gasteiger partial charge on any atom is -0.494 e. The van der Waals surface area contributed by atoms with Gasteiger partial charge in [0.1, 0.15) is 17.7 Å². The summed E-state index contributed by atoms with van der Waals surface area (Å²) in [5, 5.41) is 3.77. The molecule has 4 heteroatoms. The minimum absolute atomic E-state index is 0.509. The van der Waals surface area contributed by atoms with Crippen molar-refractivity contribution in [3.05, 3.63) is 47.9 Å². The molecule has 2 aromatic rings. The number of hydrogen-bond acceptors (Lipinski definition) is 4. The predicted molar refractivity (Wildman–Crippen MR) is 72.1 cm³/mol. The molecule has 0 N–H and O–H groups in total. The number of aryl methyl sites for hydroxylation is 1. The van der Waals surface area contributed by atoms with Crippen LogP contribution in [0.5, 0.6) is 5.75 Å². The summed E-state index contributed by atoms with van der Waals surface area (Å²) in [6.45, 7) is 4.01. The molecule has 0 fully saturated rings. The first-order valence-corrected chi connectivity index (χ1v) is 6.51. The molecule has 0 radical (unpaired) electrons. The van der Waals surface area contributed by atoms with E-state index in [0.717, 1.165) is 30.9 Å². The molecular weight excluding hydrogens is 242 g/mol. The van der Waals surface area contributed by atoms with E-state index in [2.05, 4.69) is 24.2 Å². The third-order valence-electron chi connectivity index (χ3n) is 2.71. The fourth-order valence-corrected chi connectivity index (χ4v) is 1.62. The first-order valence-electron chi connectivity index (χ1n) is 6.51. The molecule has 0 aliphatic rings. The molecule has 0 bridgehead atoms. The summed E-state index contributed by atoms with van der Waals surface area (Å²) in [6, 6.07) is 9.90. The second-order valence-corrected chi connectivity index (χ2v) is 4.41. The maximum Gasteiger partial charge on any atom is 0.124 e. The molecule has 1 aromatic carbocycles. The van der Waals surface area contributed by atoms with Crippen LogP contribution >= 0.6 is 0 Å². The van der Waals surface area contributed by atoms with E-state index in [0.29, 0.717) is 13.2 Å². The third kappa shape index (κ3) is 5.14. The highest BCUT2D eigenvalue weighted by Gasteiger charge is 1.97. The summed E-state index contributed by atoms with van der Waals surface area (Å²) in [5.41, 5.74) is 2.07. The predicted octanol–water partition coefficient (Wildman–Crippen LogP) is 3.36. The maximum atomic E-state index is 5.63. The Morgan fingerprint density at radius 2 is 1.84 bits per heavy atom. The molecule has 0 aliphatic heterocycles. The lowest BCUT2D eigenvalue weighted by Gasteiger charge is -2.06. The van der Waals surface area contributed by atoms with E-state index in [1.165, 1.54) is 5.56 Å². The van der Waals surface area contributed by atoms with Crippen LogP contribution < -0.4 is 4.74 Å². The Bertz CT molecular complexity index is 451. The topological polar surface area (TPSA) is 44.5 Å². The number of unbranched alkanes of at least 4 members (excludes halogenated alkanes) is 1. The normalized spacial score (nSPS) is 10.6. The lowest BCUT2D eigenvalue weighted by atomic mass is 10.2. The monoisotopic (exact) mass is 261 g/mol. The molecule has 0 atom stereocenters. The van der Waals surface area contributed by atoms with E-state index in [4.69, 9.17) is 14.0 Å². The third-order valence-corrected chi connectivity index (χ3v) is 2.71. The highest BCUT2D eigenvalue weighted by Crippen LogP contribution is 2.11. The molecule has 0 aliphatic carbocycles. The van der Waals surface area contributed by atoms with Crippen molar-refractivity contribution in [3.8, 4) is 5.75 Å². The van der Waals surface area contributed by atoms with Crippen molar-refractivity contribution in [2.45, 2.75) is 26.4 Å². The van der Waals surface area contributed by atoms with Crippen molar-refractivity contribution in [1.82, 2.24) is 5.16 Å². The van der Waals surface area contributed by atoms with Gasteiger partial charge >= 0.3 is 0 Å². The van der Waals surface area contributed by atoms with Gasteiger partial charge in [-0.15, -0.1) is 0 Å². The Kier molecular flexibility index (Phi) is 5.44. The molecule has 0 amide bonds. The van der Waals surface area contributed by atoms with E-state index < -0.39 is 0 Å². The number of aromatic nitrogens is 1. The van der Waals surface area contributed by atoms with Crippen molar-refractivity contribution in [2.24, 2.45) is 0 Å². The van der Waals surface area contributed by atoms with Crippen LogP contribution in [0.1, 0.15) is 24.1 Å². The van der Waals surface area contributed by atoms with Crippen molar-refractivity contribution in [3.63, 3.8) is 0 Å². The molecular formula is C15H19NO3. The summed E-state index contributed by atoms with van der Waals surface area (Å²) in [5.74, 6) is 0.925. The van der Waals surface area contributed by atoms with Gasteiger partial charge < -0.3 is 14.0 Å². The Morgan fingerprint density at radius 3 is 2.58 bits per heavy atom. The molecule has 4 nitrogen and oxygen atoms in total. The van der Waals surface area contributed by atoms with E-state index in [9.17, 15) is 0 Å². The molecule has 19 heavy (non-hydrogen) atoms. The van der Waals surface area contributed by atoms with Crippen LogP contribution in [0.4, 0.5) is 0 Å². The quantitative estimate of drug-likeness (QED) is 0.683. The Labute approximate surface area is 113 Å². The summed E-state index contributed by atoms with van der Waals surface area (Å²) < 4.78 is 15.8. The Morgan fingerprint density at radius 1 is 1.05 bits per heavy atom. The summed E-state index contributed by atoms with van der Waals surface area (Å²) in [7, 11) is 0. The van der Waals surface area contributed by atoms with Crippen LogP contribution in [0.25, 0.3) is 0 Å². The molecule has 0 spiro atoms. The van der Waals surface area contributed by atoms with E-state index >= 15 is 0 Å². The molecule has 102 valence electrons. The molecule has 0 saturated heterocycles. The molecule has 1 aromatic heterocycles. The summed E-state index contributed by atoms with van der Waals surface area (Å²) in [6.07, 6.45) is 3.50. The van der Waals surface area contributed by atoms with E-state index in [-0.39, 0.29) is 0 Å². The first kappa shape index (κ1) is 13.6. The molecule has 1 heterocycles. The van der Waals surface area contributed by atoms with Gasteiger partial charge in [-0.2, -0.15) is 0 Å². The zero-order chi connectivity index (χ0) is 13.3. The highest BCUT2D eigenvalue weighted by atomic mass is 16.5. The van der Waals surface area contributed by atoms with E-state index in [1.807, 2.05) is 12.1 Å².